The Kier molecular flexibility index (Phi) is 3.32. The Hall–Kier alpha value is -0.610. The number of nitrogens with one attached hydrogen (secondary N) is 1. The number of carbonyl (C=O) groups is 1. The lowest BCUT2D eigenvalue weighted by molar-refractivity contribution is -0.140. The first-order valence-electron chi connectivity index (χ1n) is 7.33. The molecule has 2 atom stereocenters. The standard InChI is InChI=1S/C14H23NO3/c16-13(17)12(10-3-4-10)15-9-11-5-8-14(18-11)6-1-2-7-14/h10-12,15H,1-9H2,(H,16,17). The second-order valence-electron chi connectivity index (χ2n) is 6.23. The van der Waals surface area contributed by atoms with Crippen LogP contribution in [0.15, 0.2) is 0 Å². The molecule has 1 heterocycles. The van der Waals surface area contributed by atoms with Crippen LogP contribution in [0.2, 0.25) is 0 Å². The molecule has 4 nitrogen and oxygen atoms in total. The molecule has 2 unspecified atom stereocenters. The van der Waals surface area contributed by atoms with Gasteiger partial charge in [-0.2, -0.15) is 0 Å². The van der Waals surface area contributed by atoms with E-state index < -0.39 is 5.97 Å². The summed E-state index contributed by atoms with van der Waals surface area (Å²) in [6.07, 6.45) is 9.58. The monoisotopic (exact) mass is 253 g/mol. The van der Waals surface area contributed by atoms with Crippen LogP contribution in [0.3, 0.4) is 0 Å². The number of carboxylic acids is 1. The van der Waals surface area contributed by atoms with Crippen molar-refractivity contribution in [1.82, 2.24) is 5.32 Å². The van der Waals surface area contributed by atoms with Crippen LogP contribution in [0, 0.1) is 5.92 Å². The number of aliphatic carboxylic acids is 1. The molecular weight excluding hydrogens is 230 g/mol. The Morgan fingerprint density at radius 1 is 1.28 bits per heavy atom. The van der Waals surface area contributed by atoms with E-state index in [1.54, 1.807) is 0 Å². The van der Waals surface area contributed by atoms with E-state index in [1.807, 2.05) is 0 Å². The van der Waals surface area contributed by atoms with E-state index in [-0.39, 0.29) is 17.7 Å². The van der Waals surface area contributed by atoms with Gasteiger partial charge in [0.1, 0.15) is 6.04 Å². The van der Waals surface area contributed by atoms with E-state index in [9.17, 15) is 4.79 Å². The molecule has 2 aliphatic carbocycles. The van der Waals surface area contributed by atoms with E-state index >= 15 is 0 Å². The van der Waals surface area contributed by atoms with Crippen molar-refractivity contribution in [3.63, 3.8) is 0 Å². The second kappa shape index (κ2) is 4.82. The highest BCUT2D eigenvalue weighted by atomic mass is 16.5. The Morgan fingerprint density at radius 2 is 2.00 bits per heavy atom. The van der Waals surface area contributed by atoms with Gasteiger partial charge in [-0.05, 0) is 44.4 Å². The average Bonchev–Trinajstić information content (AvgIpc) is 2.94. The van der Waals surface area contributed by atoms with Crippen LogP contribution < -0.4 is 5.32 Å². The number of rotatable bonds is 5. The maximum atomic E-state index is 11.1. The largest absolute Gasteiger partial charge is 0.480 e. The lowest BCUT2D eigenvalue weighted by Gasteiger charge is -2.24. The van der Waals surface area contributed by atoms with Crippen LogP contribution in [-0.2, 0) is 9.53 Å². The molecule has 0 amide bonds. The summed E-state index contributed by atoms with van der Waals surface area (Å²) in [5.41, 5.74) is 0.157. The van der Waals surface area contributed by atoms with Gasteiger partial charge in [0, 0.05) is 6.54 Å². The third-order valence-corrected chi connectivity index (χ3v) is 4.78. The number of hydrogen-bond donors (Lipinski definition) is 2. The highest BCUT2D eigenvalue weighted by Crippen LogP contribution is 2.43. The second-order valence-corrected chi connectivity index (χ2v) is 6.23. The van der Waals surface area contributed by atoms with Crippen molar-refractivity contribution >= 4 is 5.97 Å². The predicted octanol–water partition coefficient (Wildman–Crippen LogP) is 1.93. The molecule has 1 aliphatic heterocycles. The van der Waals surface area contributed by atoms with Gasteiger partial charge in [0.25, 0.3) is 0 Å². The van der Waals surface area contributed by atoms with Crippen LogP contribution >= 0.6 is 0 Å². The first-order valence-corrected chi connectivity index (χ1v) is 7.33. The molecule has 2 N–H and O–H groups in total. The molecule has 0 radical (unpaired) electrons. The van der Waals surface area contributed by atoms with Gasteiger partial charge >= 0.3 is 5.97 Å². The van der Waals surface area contributed by atoms with Gasteiger partial charge in [-0.15, -0.1) is 0 Å². The van der Waals surface area contributed by atoms with Gasteiger partial charge in [-0.3, -0.25) is 4.79 Å². The van der Waals surface area contributed by atoms with E-state index in [0.717, 1.165) is 19.3 Å². The molecule has 4 heteroatoms. The smallest absolute Gasteiger partial charge is 0.320 e. The summed E-state index contributed by atoms with van der Waals surface area (Å²) in [4.78, 5) is 11.1. The molecule has 1 saturated heterocycles. The van der Waals surface area contributed by atoms with Crippen LogP contribution in [-0.4, -0.2) is 35.4 Å². The molecule has 1 spiro atoms. The maximum absolute atomic E-state index is 11.1. The van der Waals surface area contributed by atoms with Gasteiger partial charge in [-0.25, -0.2) is 0 Å². The third-order valence-electron chi connectivity index (χ3n) is 4.78. The Labute approximate surface area is 108 Å². The predicted molar refractivity (Wildman–Crippen MR) is 67.5 cm³/mol. The fraction of sp³-hybridized carbons (Fsp3) is 0.929. The lowest BCUT2D eigenvalue weighted by Crippen LogP contribution is -2.42. The van der Waals surface area contributed by atoms with Crippen molar-refractivity contribution < 1.29 is 14.6 Å². The van der Waals surface area contributed by atoms with Gasteiger partial charge in [0.2, 0.25) is 0 Å². The van der Waals surface area contributed by atoms with Crippen LogP contribution in [0.1, 0.15) is 51.4 Å². The summed E-state index contributed by atoms with van der Waals surface area (Å²) in [6.45, 7) is 0.704. The van der Waals surface area contributed by atoms with Gasteiger partial charge in [0.15, 0.2) is 0 Å². The third kappa shape index (κ3) is 2.54. The topological polar surface area (TPSA) is 58.6 Å². The lowest BCUT2D eigenvalue weighted by atomic mass is 9.98. The highest BCUT2D eigenvalue weighted by molar-refractivity contribution is 5.74. The number of carboxylic acid groups (broad SMARTS) is 1. The molecule has 2 saturated carbocycles. The molecule has 3 rings (SSSR count). The summed E-state index contributed by atoms with van der Waals surface area (Å²) >= 11 is 0. The summed E-state index contributed by atoms with van der Waals surface area (Å²) in [5.74, 6) is -0.351. The Balaban J connectivity index is 1.47. The van der Waals surface area contributed by atoms with Crippen molar-refractivity contribution in [1.29, 1.82) is 0 Å². The molecule has 3 fully saturated rings. The first-order chi connectivity index (χ1) is 8.69. The molecule has 102 valence electrons. The minimum Gasteiger partial charge on any atom is -0.480 e. The minimum absolute atomic E-state index is 0.157. The molecule has 3 aliphatic rings. The van der Waals surface area contributed by atoms with Crippen LogP contribution in [0.4, 0.5) is 0 Å². The van der Waals surface area contributed by atoms with Crippen LogP contribution in [0.25, 0.3) is 0 Å². The molecule has 0 aromatic rings. The molecule has 0 bridgehead atoms. The first kappa shape index (κ1) is 12.4. The summed E-state index contributed by atoms with van der Waals surface area (Å²) < 4.78 is 6.18. The van der Waals surface area contributed by atoms with E-state index in [4.69, 9.17) is 9.84 Å². The zero-order chi connectivity index (χ0) is 12.6. The average molecular weight is 253 g/mol. The minimum atomic E-state index is -0.703. The fourth-order valence-electron chi connectivity index (χ4n) is 3.57. The molecule has 0 aromatic carbocycles. The Bertz CT molecular complexity index is 321. The van der Waals surface area contributed by atoms with Gasteiger partial charge in [0.05, 0.1) is 11.7 Å². The van der Waals surface area contributed by atoms with E-state index in [1.165, 1.54) is 32.1 Å². The maximum Gasteiger partial charge on any atom is 0.320 e. The summed E-state index contributed by atoms with van der Waals surface area (Å²) in [7, 11) is 0. The van der Waals surface area contributed by atoms with E-state index in [0.29, 0.717) is 12.5 Å². The molecular formula is C14H23NO3. The zero-order valence-corrected chi connectivity index (χ0v) is 10.9. The number of hydrogen-bond acceptors (Lipinski definition) is 3. The molecule has 18 heavy (non-hydrogen) atoms. The van der Waals surface area contributed by atoms with Gasteiger partial charge < -0.3 is 15.2 Å². The van der Waals surface area contributed by atoms with Crippen molar-refractivity contribution in [2.24, 2.45) is 5.92 Å². The van der Waals surface area contributed by atoms with Crippen molar-refractivity contribution in [3.8, 4) is 0 Å². The molecule has 0 aromatic heterocycles. The SMILES string of the molecule is O=C(O)C(NCC1CCC2(CCCC2)O1)C1CC1. The van der Waals surface area contributed by atoms with E-state index in [2.05, 4.69) is 5.32 Å². The van der Waals surface area contributed by atoms with Crippen LogP contribution in [0.5, 0.6) is 0 Å². The van der Waals surface area contributed by atoms with Crippen molar-refractivity contribution in [2.45, 2.75) is 69.1 Å². The van der Waals surface area contributed by atoms with Crippen molar-refractivity contribution in [2.75, 3.05) is 6.54 Å². The number of ether oxygens (including phenoxy) is 1. The fourth-order valence-corrected chi connectivity index (χ4v) is 3.57. The zero-order valence-electron chi connectivity index (χ0n) is 10.9. The quantitative estimate of drug-likeness (QED) is 0.786. The van der Waals surface area contributed by atoms with Crippen molar-refractivity contribution in [3.05, 3.63) is 0 Å². The Morgan fingerprint density at radius 3 is 2.61 bits per heavy atom. The normalized spacial score (nSPS) is 31.9. The summed E-state index contributed by atoms with van der Waals surface area (Å²) in [6, 6.07) is -0.353. The highest BCUT2D eigenvalue weighted by Gasteiger charge is 2.43. The summed E-state index contributed by atoms with van der Waals surface area (Å²) in [5, 5.41) is 12.4. The van der Waals surface area contributed by atoms with Gasteiger partial charge in [-0.1, -0.05) is 12.8 Å².